The zero-order valence-electron chi connectivity index (χ0n) is 9.70. The molecule has 0 saturated carbocycles. The highest BCUT2D eigenvalue weighted by Crippen LogP contribution is 2.15. The molecule has 1 aromatic carbocycles. The van der Waals surface area contributed by atoms with Crippen molar-refractivity contribution in [2.24, 2.45) is 0 Å². The molecular weight excluding hydrogens is 188 g/mol. The molecule has 3 nitrogen and oxygen atoms in total. The van der Waals surface area contributed by atoms with Gasteiger partial charge in [0.15, 0.2) is 0 Å². The first-order valence-electron chi connectivity index (χ1n) is 5.26. The maximum absolute atomic E-state index is 9.16. The fourth-order valence-corrected chi connectivity index (χ4v) is 1.39. The summed E-state index contributed by atoms with van der Waals surface area (Å²) in [5, 5.41) is 12.6. The van der Waals surface area contributed by atoms with Crippen molar-refractivity contribution in [3.05, 3.63) is 29.8 Å². The van der Waals surface area contributed by atoms with Crippen molar-refractivity contribution in [3.8, 4) is 5.75 Å². The van der Waals surface area contributed by atoms with E-state index in [9.17, 15) is 0 Å². The molecule has 1 rings (SSSR count). The van der Waals surface area contributed by atoms with Crippen LogP contribution < -0.4 is 5.32 Å². The lowest BCUT2D eigenvalue weighted by Crippen LogP contribution is -2.28. The van der Waals surface area contributed by atoms with Crippen LogP contribution in [0.4, 0.5) is 0 Å². The molecule has 3 heteroatoms. The summed E-state index contributed by atoms with van der Waals surface area (Å²) in [7, 11) is 4.12. The molecule has 0 radical (unpaired) electrons. The molecule has 0 aliphatic heterocycles. The zero-order valence-corrected chi connectivity index (χ0v) is 9.70. The van der Waals surface area contributed by atoms with E-state index in [2.05, 4.69) is 31.2 Å². The number of phenols is 1. The van der Waals surface area contributed by atoms with E-state index in [0.717, 1.165) is 13.1 Å². The molecule has 1 unspecified atom stereocenters. The molecule has 0 aromatic heterocycles. The second-order valence-electron chi connectivity index (χ2n) is 4.07. The Morgan fingerprint density at radius 2 is 1.87 bits per heavy atom. The SMILES string of the molecule is CC(NCCN(C)C)c1ccc(O)cc1. The van der Waals surface area contributed by atoms with Gasteiger partial charge in [-0.1, -0.05) is 12.1 Å². The molecule has 0 spiro atoms. The molecule has 0 aliphatic carbocycles. The molecule has 2 N–H and O–H groups in total. The molecule has 1 atom stereocenters. The van der Waals surface area contributed by atoms with Crippen LogP contribution >= 0.6 is 0 Å². The molecule has 0 bridgehead atoms. The molecule has 0 saturated heterocycles. The van der Waals surface area contributed by atoms with E-state index in [-0.39, 0.29) is 0 Å². The fourth-order valence-electron chi connectivity index (χ4n) is 1.39. The van der Waals surface area contributed by atoms with Gasteiger partial charge >= 0.3 is 0 Å². The van der Waals surface area contributed by atoms with Crippen LogP contribution in [0.2, 0.25) is 0 Å². The largest absolute Gasteiger partial charge is 0.508 e. The number of nitrogens with zero attached hydrogens (tertiary/aromatic N) is 1. The van der Waals surface area contributed by atoms with Gasteiger partial charge in [0, 0.05) is 19.1 Å². The normalized spacial score (nSPS) is 13.1. The van der Waals surface area contributed by atoms with Crippen molar-refractivity contribution in [2.75, 3.05) is 27.2 Å². The lowest BCUT2D eigenvalue weighted by Gasteiger charge is -2.16. The van der Waals surface area contributed by atoms with Crippen LogP contribution in [0.3, 0.4) is 0 Å². The average molecular weight is 208 g/mol. The second-order valence-corrected chi connectivity index (χ2v) is 4.07. The summed E-state index contributed by atoms with van der Waals surface area (Å²) in [4.78, 5) is 2.15. The summed E-state index contributed by atoms with van der Waals surface area (Å²) in [5.74, 6) is 0.319. The first kappa shape index (κ1) is 12.0. The number of benzene rings is 1. The summed E-state index contributed by atoms with van der Waals surface area (Å²) in [6.07, 6.45) is 0. The predicted molar refractivity (Wildman–Crippen MR) is 63.1 cm³/mol. The summed E-state index contributed by atoms with van der Waals surface area (Å²) in [5.41, 5.74) is 1.20. The number of phenolic OH excluding ortho intramolecular Hbond substituents is 1. The Balaban J connectivity index is 2.40. The zero-order chi connectivity index (χ0) is 11.3. The van der Waals surface area contributed by atoms with Crippen LogP contribution in [-0.4, -0.2) is 37.2 Å². The molecule has 0 heterocycles. The smallest absolute Gasteiger partial charge is 0.115 e. The average Bonchev–Trinajstić information content (AvgIpc) is 2.18. The van der Waals surface area contributed by atoms with Crippen molar-refractivity contribution in [1.29, 1.82) is 0 Å². The van der Waals surface area contributed by atoms with Crippen LogP contribution in [0, 0.1) is 0 Å². The van der Waals surface area contributed by atoms with Crippen LogP contribution in [0.1, 0.15) is 18.5 Å². The summed E-state index contributed by atoms with van der Waals surface area (Å²) in [6.45, 7) is 4.12. The highest BCUT2D eigenvalue weighted by atomic mass is 16.3. The van der Waals surface area contributed by atoms with Gasteiger partial charge in [-0.3, -0.25) is 0 Å². The third-order valence-electron chi connectivity index (χ3n) is 2.40. The minimum Gasteiger partial charge on any atom is -0.508 e. The van der Waals surface area contributed by atoms with Gasteiger partial charge in [-0.25, -0.2) is 0 Å². The summed E-state index contributed by atoms with van der Waals surface area (Å²) < 4.78 is 0. The van der Waals surface area contributed by atoms with Gasteiger partial charge < -0.3 is 15.3 Å². The van der Waals surface area contributed by atoms with Crippen molar-refractivity contribution >= 4 is 0 Å². The standard InChI is InChI=1S/C12H20N2O/c1-10(13-8-9-14(2)3)11-4-6-12(15)7-5-11/h4-7,10,13,15H,8-9H2,1-3H3. The molecule has 0 aliphatic rings. The van der Waals surface area contributed by atoms with E-state index >= 15 is 0 Å². The first-order chi connectivity index (χ1) is 7.09. The van der Waals surface area contributed by atoms with Gasteiger partial charge in [-0.15, -0.1) is 0 Å². The quantitative estimate of drug-likeness (QED) is 0.771. The minimum absolute atomic E-state index is 0.319. The molecule has 15 heavy (non-hydrogen) atoms. The molecule has 1 aromatic rings. The highest BCUT2D eigenvalue weighted by molar-refractivity contribution is 5.27. The van der Waals surface area contributed by atoms with Gasteiger partial charge in [0.25, 0.3) is 0 Å². The lowest BCUT2D eigenvalue weighted by atomic mass is 10.1. The number of hydrogen-bond donors (Lipinski definition) is 2. The van der Waals surface area contributed by atoms with E-state index < -0.39 is 0 Å². The topological polar surface area (TPSA) is 35.5 Å². The maximum atomic E-state index is 9.16. The van der Waals surface area contributed by atoms with Gasteiger partial charge in [-0.05, 0) is 38.7 Å². The van der Waals surface area contributed by atoms with Gasteiger partial charge in [0.05, 0.1) is 0 Å². The third-order valence-corrected chi connectivity index (χ3v) is 2.40. The Bertz CT molecular complexity index is 282. The Morgan fingerprint density at radius 1 is 1.27 bits per heavy atom. The second kappa shape index (κ2) is 5.73. The number of rotatable bonds is 5. The Morgan fingerprint density at radius 3 is 2.40 bits per heavy atom. The molecule has 0 amide bonds. The third kappa shape index (κ3) is 4.32. The fraction of sp³-hybridized carbons (Fsp3) is 0.500. The molecule has 0 fully saturated rings. The van der Waals surface area contributed by atoms with Crippen molar-refractivity contribution in [3.63, 3.8) is 0 Å². The van der Waals surface area contributed by atoms with Crippen molar-refractivity contribution < 1.29 is 5.11 Å². The van der Waals surface area contributed by atoms with Gasteiger partial charge in [0.1, 0.15) is 5.75 Å². The van der Waals surface area contributed by atoms with Gasteiger partial charge in [-0.2, -0.15) is 0 Å². The van der Waals surface area contributed by atoms with E-state index in [4.69, 9.17) is 5.11 Å². The lowest BCUT2D eigenvalue weighted by molar-refractivity contribution is 0.389. The minimum atomic E-state index is 0.319. The Kier molecular flexibility index (Phi) is 4.59. The van der Waals surface area contributed by atoms with Crippen molar-refractivity contribution in [1.82, 2.24) is 10.2 Å². The molecule has 84 valence electrons. The summed E-state index contributed by atoms with van der Waals surface area (Å²) >= 11 is 0. The first-order valence-corrected chi connectivity index (χ1v) is 5.26. The maximum Gasteiger partial charge on any atom is 0.115 e. The van der Waals surface area contributed by atoms with E-state index in [0.29, 0.717) is 11.8 Å². The Hall–Kier alpha value is -1.06. The number of likely N-dealkylation sites (N-methyl/N-ethyl adjacent to an activating group) is 1. The van der Waals surface area contributed by atoms with Crippen LogP contribution in [0.15, 0.2) is 24.3 Å². The number of aromatic hydroxyl groups is 1. The van der Waals surface area contributed by atoms with Crippen molar-refractivity contribution in [2.45, 2.75) is 13.0 Å². The highest BCUT2D eigenvalue weighted by Gasteiger charge is 2.03. The monoisotopic (exact) mass is 208 g/mol. The number of hydrogen-bond acceptors (Lipinski definition) is 3. The van der Waals surface area contributed by atoms with E-state index in [1.165, 1.54) is 5.56 Å². The van der Waals surface area contributed by atoms with Crippen LogP contribution in [0.25, 0.3) is 0 Å². The predicted octanol–water partition coefficient (Wildman–Crippen LogP) is 1.60. The Labute approximate surface area is 91.7 Å². The van der Waals surface area contributed by atoms with E-state index in [1.807, 2.05) is 12.1 Å². The molecular formula is C12H20N2O. The van der Waals surface area contributed by atoms with Crippen LogP contribution in [-0.2, 0) is 0 Å². The van der Waals surface area contributed by atoms with Crippen LogP contribution in [0.5, 0.6) is 5.75 Å². The number of nitrogens with one attached hydrogen (secondary N) is 1. The summed E-state index contributed by atoms with van der Waals surface area (Å²) in [6, 6.07) is 7.66. The van der Waals surface area contributed by atoms with Gasteiger partial charge in [0.2, 0.25) is 0 Å². The van der Waals surface area contributed by atoms with E-state index in [1.54, 1.807) is 12.1 Å².